The summed E-state index contributed by atoms with van der Waals surface area (Å²) in [6, 6.07) is 8.32. The van der Waals surface area contributed by atoms with E-state index in [1.54, 1.807) is 11.3 Å². The third-order valence-electron chi connectivity index (χ3n) is 3.27. The number of hydrogen-bond acceptors (Lipinski definition) is 5. The number of hydrogen-bond donors (Lipinski definition) is 1. The van der Waals surface area contributed by atoms with Crippen LogP contribution >= 0.6 is 11.3 Å². The molecule has 0 aliphatic heterocycles. The summed E-state index contributed by atoms with van der Waals surface area (Å²) < 4.78 is 1.93. The van der Waals surface area contributed by atoms with Gasteiger partial charge in [-0.05, 0) is 32.9 Å². The van der Waals surface area contributed by atoms with Crippen LogP contribution in [0.15, 0.2) is 30.5 Å². The van der Waals surface area contributed by atoms with Crippen molar-refractivity contribution in [3.05, 3.63) is 41.7 Å². The molecule has 6 heteroatoms. The molecule has 0 saturated carbocycles. The van der Waals surface area contributed by atoms with Crippen LogP contribution in [0.3, 0.4) is 0 Å². The molecule has 0 aliphatic carbocycles. The smallest absolute Gasteiger partial charge is 0.205 e. The summed E-state index contributed by atoms with van der Waals surface area (Å²) >= 11 is 1.55. The lowest BCUT2D eigenvalue weighted by molar-refractivity contribution is 0.847. The number of rotatable bonds is 4. The van der Waals surface area contributed by atoms with Gasteiger partial charge in [-0.25, -0.2) is 4.68 Å². The van der Waals surface area contributed by atoms with Gasteiger partial charge in [0.05, 0.1) is 23.1 Å². The first-order chi connectivity index (χ1) is 10.2. The monoisotopic (exact) mass is 299 g/mol. The van der Waals surface area contributed by atoms with Crippen molar-refractivity contribution in [1.29, 1.82) is 0 Å². The Balaban J connectivity index is 1.96. The molecule has 0 radical (unpaired) electrons. The summed E-state index contributed by atoms with van der Waals surface area (Å²) in [7, 11) is 0. The van der Waals surface area contributed by atoms with E-state index in [0.717, 1.165) is 33.6 Å². The van der Waals surface area contributed by atoms with E-state index in [1.165, 1.54) is 5.56 Å². The van der Waals surface area contributed by atoms with E-state index in [9.17, 15) is 0 Å². The van der Waals surface area contributed by atoms with E-state index < -0.39 is 0 Å². The van der Waals surface area contributed by atoms with Gasteiger partial charge in [-0.1, -0.05) is 29.0 Å². The van der Waals surface area contributed by atoms with Crippen molar-refractivity contribution in [2.45, 2.75) is 20.8 Å². The molecule has 0 amide bonds. The second kappa shape index (κ2) is 5.65. The predicted octanol–water partition coefficient (Wildman–Crippen LogP) is 3.44. The average molecular weight is 299 g/mol. The normalized spacial score (nSPS) is 10.8. The van der Waals surface area contributed by atoms with Crippen LogP contribution in [0.5, 0.6) is 0 Å². The molecule has 0 spiro atoms. The lowest BCUT2D eigenvalue weighted by Gasteiger charge is -2.05. The van der Waals surface area contributed by atoms with Gasteiger partial charge in [-0.2, -0.15) is 5.10 Å². The summed E-state index contributed by atoms with van der Waals surface area (Å²) in [5.41, 5.74) is 4.39. The third-order valence-corrected chi connectivity index (χ3v) is 4.19. The Bertz CT molecular complexity index is 742. The highest BCUT2D eigenvalue weighted by molar-refractivity contribution is 7.18. The van der Waals surface area contributed by atoms with Gasteiger partial charge >= 0.3 is 0 Å². The van der Waals surface area contributed by atoms with Crippen molar-refractivity contribution >= 4 is 16.5 Å². The zero-order valence-electron chi connectivity index (χ0n) is 12.3. The molecule has 0 atom stereocenters. The molecule has 3 aromatic rings. The van der Waals surface area contributed by atoms with Crippen molar-refractivity contribution in [3.63, 3.8) is 0 Å². The van der Waals surface area contributed by atoms with Crippen molar-refractivity contribution in [1.82, 2.24) is 20.0 Å². The van der Waals surface area contributed by atoms with Gasteiger partial charge in [0.25, 0.3) is 0 Å². The fourth-order valence-corrected chi connectivity index (χ4v) is 2.99. The Morgan fingerprint density at radius 2 is 1.90 bits per heavy atom. The first kappa shape index (κ1) is 13.8. The second-order valence-electron chi connectivity index (χ2n) is 4.83. The molecule has 5 nitrogen and oxygen atoms in total. The van der Waals surface area contributed by atoms with Gasteiger partial charge in [0.2, 0.25) is 5.13 Å². The number of nitrogens with one attached hydrogen (secondary N) is 1. The third kappa shape index (κ3) is 2.67. The Morgan fingerprint density at radius 3 is 2.62 bits per heavy atom. The largest absolute Gasteiger partial charge is 0.360 e. The standard InChI is InChI=1S/C15H17N5S/c1-4-16-15-19-18-14(21-15)13-9-17-20(11(13)3)12-7-5-10(2)6-8-12/h5-9H,4H2,1-3H3,(H,16,19). The second-order valence-corrected chi connectivity index (χ2v) is 5.81. The Labute approximate surface area is 127 Å². The van der Waals surface area contributed by atoms with Crippen LogP contribution in [0.25, 0.3) is 16.3 Å². The number of aromatic nitrogens is 4. The molecule has 1 aromatic carbocycles. The molecule has 108 valence electrons. The van der Waals surface area contributed by atoms with Gasteiger partial charge in [-0.3, -0.25) is 0 Å². The average Bonchev–Trinajstić information content (AvgIpc) is 3.07. The Kier molecular flexibility index (Phi) is 3.70. The van der Waals surface area contributed by atoms with Gasteiger partial charge in [0.15, 0.2) is 5.01 Å². The van der Waals surface area contributed by atoms with Gasteiger partial charge in [-0.15, -0.1) is 10.2 Å². The Morgan fingerprint density at radius 1 is 1.14 bits per heavy atom. The predicted molar refractivity (Wildman–Crippen MR) is 86.1 cm³/mol. The molecule has 0 aliphatic rings. The summed E-state index contributed by atoms with van der Waals surface area (Å²) in [4.78, 5) is 0. The molecule has 2 aromatic heterocycles. The van der Waals surface area contributed by atoms with E-state index in [1.807, 2.05) is 17.8 Å². The maximum absolute atomic E-state index is 4.48. The first-order valence-electron chi connectivity index (χ1n) is 6.88. The molecule has 0 unspecified atom stereocenters. The lowest BCUT2D eigenvalue weighted by atomic mass is 10.2. The minimum Gasteiger partial charge on any atom is -0.360 e. The van der Waals surface area contributed by atoms with Crippen LogP contribution < -0.4 is 5.32 Å². The van der Waals surface area contributed by atoms with E-state index >= 15 is 0 Å². The maximum atomic E-state index is 4.48. The van der Waals surface area contributed by atoms with Gasteiger partial charge in [0, 0.05) is 6.54 Å². The van der Waals surface area contributed by atoms with E-state index in [-0.39, 0.29) is 0 Å². The fourth-order valence-electron chi connectivity index (χ4n) is 2.12. The van der Waals surface area contributed by atoms with E-state index in [4.69, 9.17) is 0 Å². The zero-order valence-corrected chi connectivity index (χ0v) is 13.1. The lowest BCUT2D eigenvalue weighted by Crippen LogP contribution is -1.98. The molecule has 0 bridgehead atoms. The highest BCUT2D eigenvalue weighted by Crippen LogP contribution is 2.29. The fraction of sp³-hybridized carbons (Fsp3) is 0.267. The highest BCUT2D eigenvalue weighted by atomic mass is 32.1. The first-order valence-corrected chi connectivity index (χ1v) is 7.70. The molecule has 0 fully saturated rings. The highest BCUT2D eigenvalue weighted by Gasteiger charge is 2.14. The minimum atomic E-state index is 0.843. The number of anilines is 1. The van der Waals surface area contributed by atoms with Crippen LogP contribution in [0, 0.1) is 13.8 Å². The van der Waals surface area contributed by atoms with Gasteiger partial charge in [0.1, 0.15) is 0 Å². The summed E-state index contributed by atoms with van der Waals surface area (Å²) in [6.45, 7) is 7.02. The summed E-state index contributed by atoms with van der Waals surface area (Å²) in [5.74, 6) is 0. The van der Waals surface area contributed by atoms with Crippen molar-refractivity contribution in [3.8, 4) is 16.3 Å². The van der Waals surface area contributed by atoms with Crippen LogP contribution in [0.2, 0.25) is 0 Å². The van der Waals surface area contributed by atoms with E-state index in [0.29, 0.717) is 0 Å². The number of benzene rings is 1. The van der Waals surface area contributed by atoms with Crippen LogP contribution in [0.1, 0.15) is 18.2 Å². The molecule has 0 saturated heterocycles. The van der Waals surface area contributed by atoms with E-state index in [2.05, 4.69) is 58.7 Å². The van der Waals surface area contributed by atoms with Gasteiger partial charge < -0.3 is 5.32 Å². The summed E-state index contributed by atoms with van der Waals surface area (Å²) in [6.07, 6.45) is 1.85. The molecule has 3 rings (SSSR count). The SMILES string of the molecule is CCNc1nnc(-c2cnn(-c3ccc(C)cc3)c2C)s1. The number of nitrogens with zero attached hydrogens (tertiary/aromatic N) is 4. The van der Waals surface area contributed by atoms with Crippen LogP contribution in [-0.2, 0) is 0 Å². The molecule has 1 N–H and O–H groups in total. The molecule has 2 heterocycles. The quantitative estimate of drug-likeness (QED) is 0.802. The molecular formula is C15H17N5S. The Hall–Kier alpha value is -2.21. The van der Waals surface area contributed by atoms with Crippen LogP contribution in [-0.4, -0.2) is 26.5 Å². The molecule has 21 heavy (non-hydrogen) atoms. The zero-order chi connectivity index (χ0) is 14.8. The van der Waals surface area contributed by atoms with Crippen molar-refractivity contribution < 1.29 is 0 Å². The summed E-state index contributed by atoms with van der Waals surface area (Å²) in [5, 5.41) is 17.8. The minimum absolute atomic E-state index is 0.843. The van der Waals surface area contributed by atoms with Crippen LogP contribution in [0.4, 0.5) is 5.13 Å². The maximum Gasteiger partial charge on any atom is 0.205 e. The number of aryl methyl sites for hydroxylation is 1. The van der Waals surface area contributed by atoms with Crippen molar-refractivity contribution in [2.75, 3.05) is 11.9 Å². The molecular weight excluding hydrogens is 282 g/mol. The topological polar surface area (TPSA) is 55.6 Å². The van der Waals surface area contributed by atoms with Crippen molar-refractivity contribution in [2.24, 2.45) is 0 Å².